The summed E-state index contributed by atoms with van der Waals surface area (Å²) in [6.07, 6.45) is 7.76. The Morgan fingerprint density at radius 3 is 2.92 bits per heavy atom. The summed E-state index contributed by atoms with van der Waals surface area (Å²) in [5.41, 5.74) is 0. The minimum atomic E-state index is -0.745. The number of amides is 1. The normalized spacial score (nSPS) is 32.8. The van der Waals surface area contributed by atoms with Gasteiger partial charge in [0.1, 0.15) is 0 Å². The lowest BCUT2D eigenvalue weighted by Gasteiger charge is -2.40. The van der Waals surface area contributed by atoms with Crippen molar-refractivity contribution in [2.75, 3.05) is 6.54 Å². The van der Waals surface area contributed by atoms with Crippen LogP contribution in [0.25, 0.3) is 0 Å². The van der Waals surface area contributed by atoms with Gasteiger partial charge in [-0.15, -0.1) is 0 Å². The Morgan fingerprint density at radius 2 is 2.15 bits per heavy atom. The fourth-order valence-corrected chi connectivity index (χ4v) is 2.48. The van der Waals surface area contributed by atoms with Gasteiger partial charge in [0.2, 0.25) is 0 Å². The Bertz CT molecular complexity index is 237. The van der Waals surface area contributed by atoms with Gasteiger partial charge in [-0.05, 0) is 31.6 Å². The van der Waals surface area contributed by atoms with Gasteiger partial charge in [-0.2, -0.15) is 0 Å². The molecule has 1 amide bonds. The van der Waals surface area contributed by atoms with Crippen molar-refractivity contribution >= 4 is 6.09 Å². The average Bonchev–Trinajstić information content (AvgIpc) is 2.17. The van der Waals surface area contributed by atoms with Gasteiger partial charge < -0.3 is 10.0 Å². The second kappa shape index (κ2) is 3.40. The largest absolute Gasteiger partial charge is 0.465 e. The van der Waals surface area contributed by atoms with Crippen LogP contribution in [0.15, 0.2) is 12.2 Å². The molecule has 1 N–H and O–H groups in total. The standard InChI is InChI=1S/C10H15NO2/c12-10(13)11-7-3-5-8-4-1-2-6-9(8)11/h1-2,8-9H,3-7H2,(H,12,13). The highest BCUT2D eigenvalue weighted by Crippen LogP contribution is 2.31. The highest BCUT2D eigenvalue weighted by atomic mass is 16.4. The number of hydrogen-bond donors (Lipinski definition) is 1. The fourth-order valence-electron chi connectivity index (χ4n) is 2.48. The first-order chi connectivity index (χ1) is 6.29. The van der Waals surface area contributed by atoms with E-state index in [2.05, 4.69) is 12.2 Å². The number of rotatable bonds is 0. The zero-order valence-corrected chi connectivity index (χ0v) is 7.65. The molecule has 2 unspecified atom stereocenters. The number of hydrogen-bond acceptors (Lipinski definition) is 1. The van der Waals surface area contributed by atoms with E-state index in [9.17, 15) is 4.79 Å². The van der Waals surface area contributed by atoms with Crippen LogP contribution in [-0.4, -0.2) is 28.7 Å². The van der Waals surface area contributed by atoms with Gasteiger partial charge in [0.05, 0.1) is 0 Å². The van der Waals surface area contributed by atoms with Crippen LogP contribution in [0.2, 0.25) is 0 Å². The molecular formula is C10H15NO2. The predicted molar refractivity (Wildman–Crippen MR) is 49.6 cm³/mol. The minimum Gasteiger partial charge on any atom is -0.465 e. The maximum atomic E-state index is 10.9. The molecule has 0 bridgehead atoms. The zero-order valence-electron chi connectivity index (χ0n) is 7.65. The third-order valence-electron chi connectivity index (χ3n) is 3.15. The van der Waals surface area contributed by atoms with E-state index in [1.54, 1.807) is 4.90 Å². The van der Waals surface area contributed by atoms with Gasteiger partial charge >= 0.3 is 6.09 Å². The first kappa shape index (κ1) is 8.60. The highest BCUT2D eigenvalue weighted by molar-refractivity contribution is 5.65. The van der Waals surface area contributed by atoms with Crippen LogP contribution in [0, 0.1) is 5.92 Å². The van der Waals surface area contributed by atoms with Crippen LogP contribution < -0.4 is 0 Å². The summed E-state index contributed by atoms with van der Waals surface area (Å²) < 4.78 is 0. The molecule has 3 nitrogen and oxygen atoms in total. The SMILES string of the molecule is O=C(O)N1CCCC2CC=CCC21. The van der Waals surface area contributed by atoms with Crippen molar-refractivity contribution in [2.45, 2.75) is 31.7 Å². The number of carboxylic acid groups (broad SMARTS) is 1. The lowest BCUT2D eigenvalue weighted by Crippen LogP contribution is -2.48. The van der Waals surface area contributed by atoms with E-state index in [-0.39, 0.29) is 6.04 Å². The number of piperidine rings is 1. The summed E-state index contributed by atoms with van der Waals surface area (Å²) in [6, 6.07) is 0.260. The summed E-state index contributed by atoms with van der Waals surface area (Å²) >= 11 is 0. The van der Waals surface area contributed by atoms with E-state index in [0.717, 1.165) is 25.8 Å². The van der Waals surface area contributed by atoms with Crippen LogP contribution in [0.3, 0.4) is 0 Å². The van der Waals surface area contributed by atoms with Gasteiger partial charge in [-0.1, -0.05) is 12.2 Å². The third kappa shape index (κ3) is 1.55. The van der Waals surface area contributed by atoms with Gasteiger partial charge in [0, 0.05) is 12.6 Å². The van der Waals surface area contributed by atoms with Gasteiger partial charge in [-0.25, -0.2) is 4.79 Å². The Morgan fingerprint density at radius 1 is 1.38 bits per heavy atom. The van der Waals surface area contributed by atoms with E-state index in [4.69, 9.17) is 5.11 Å². The fraction of sp³-hybridized carbons (Fsp3) is 0.700. The van der Waals surface area contributed by atoms with Gasteiger partial charge in [0.15, 0.2) is 0 Å². The molecule has 1 aliphatic heterocycles. The second-order valence-electron chi connectivity index (χ2n) is 3.89. The first-order valence-corrected chi connectivity index (χ1v) is 4.93. The van der Waals surface area contributed by atoms with Crippen LogP contribution in [-0.2, 0) is 0 Å². The highest BCUT2D eigenvalue weighted by Gasteiger charge is 2.33. The molecule has 0 aromatic rings. The molecule has 0 saturated carbocycles. The van der Waals surface area contributed by atoms with E-state index < -0.39 is 6.09 Å². The molecule has 1 aliphatic carbocycles. The molecule has 1 heterocycles. The monoisotopic (exact) mass is 181 g/mol. The van der Waals surface area contributed by atoms with Crippen molar-refractivity contribution in [2.24, 2.45) is 5.92 Å². The smallest absolute Gasteiger partial charge is 0.407 e. The predicted octanol–water partition coefficient (Wildman–Crippen LogP) is 2.09. The molecule has 13 heavy (non-hydrogen) atoms. The van der Waals surface area contributed by atoms with Gasteiger partial charge in [-0.3, -0.25) is 0 Å². The Balaban J connectivity index is 2.12. The Hall–Kier alpha value is -0.990. The van der Waals surface area contributed by atoms with Crippen molar-refractivity contribution in [3.63, 3.8) is 0 Å². The molecular weight excluding hydrogens is 166 g/mol. The second-order valence-corrected chi connectivity index (χ2v) is 3.89. The molecule has 3 heteroatoms. The van der Waals surface area contributed by atoms with E-state index in [1.807, 2.05) is 0 Å². The molecule has 1 fully saturated rings. The number of likely N-dealkylation sites (tertiary alicyclic amines) is 1. The molecule has 0 radical (unpaired) electrons. The summed E-state index contributed by atoms with van der Waals surface area (Å²) in [5, 5.41) is 8.98. The number of carbonyl (C=O) groups is 1. The lowest BCUT2D eigenvalue weighted by molar-refractivity contribution is 0.0772. The Labute approximate surface area is 78.0 Å². The van der Waals surface area contributed by atoms with Crippen LogP contribution in [0.4, 0.5) is 4.79 Å². The number of allylic oxidation sites excluding steroid dienone is 1. The van der Waals surface area contributed by atoms with Crippen LogP contribution in [0.5, 0.6) is 0 Å². The van der Waals surface area contributed by atoms with Crippen molar-refractivity contribution in [3.05, 3.63) is 12.2 Å². The first-order valence-electron chi connectivity index (χ1n) is 4.93. The van der Waals surface area contributed by atoms with Gasteiger partial charge in [0.25, 0.3) is 0 Å². The molecule has 2 rings (SSSR count). The van der Waals surface area contributed by atoms with E-state index >= 15 is 0 Å². The Kier molecular flexibility index (Phi) is 2.25. The van der Waals surface area contributed by atoms with E-state index in [0.29, 0.717) is 5.92 Å². The maximum Gasteiger partial charge on any atom is 0.407 e. The van der Waals surface area contributed by atoms with Crippen LogP contribution >= 0.6 is 0 Å². The maximum absolute atomic E-state index is 10.9. The summed E-state index contributed by atoms with van der Waals surface area (Å²) in [7, 11) is 0. The lowest BCUT2D eigenvalue weighted by atomic mass is 9.82. The van der Waals surface area contributed by atoms with Crippen LogP contribution in [0.1, 0.15) is 25.7 Å². The quantitative estimate of drug-likeness (QED) is 0.581. The molecule has 1 saturated heterocycles. The summed E-state index contributed by atoms with van der Waals surface area (Å²) in [5.74, 6) is 0.579. The molecule has 0 aromatic carbocycles. The molecule has 0 aromatic heterocycles. The zero-order chi connectivity index (χ0) is 9.26. The molecule has 72 valence electrons. The number of fused-ring (bicyclic) bond motifs is 1. The van der Waals surface area contributed by atoms with Crippen molar-refractivity contribution in [1.82, 2.24) is 4.90 Å². The molecule has 2 atom stereocenters. The summed E-state index contributed by atoms with van der Waals surface area (Å²) in [4.78, 5) is 12.5. The third-order valence-corrected chi connectivity index (χ3v) is 3.15. The molecule has 2 aliphatic rings. The molecule has 0 spiro atoms. The average molecular weight is 181 g/mol. The van der Waals surface area contributed by atoms with Crippen molar-refractivity contribution < 1.29 is 9.90 Å². The number of nitrogens with zero attached hydrogens (tertiary/aromatic N) is 1. The summed E-state index contributed by atoms with van der Waals surface area (Å²) in [6.45, 7) is 0.727. The topological polar surface area (TPSA) is 40.5 Å². The van der Waals surface area contributed by atoms with Crippen molar-refractivity contribution in [1.29, 1.82) is 0 Å². The minimum absolute atomic E-state index is 0.260. The van der Waals surface area contributed by atoms with Crippen molar-refractivity contribution in [3.8, 4) is 0 Å². The van der Waals surface area contributed by atoms with E-state index in [1.165, 1.54) is 6.42 Å².